The van der Waals surface area contributed by atoms with Crippen LogP contribution in [0.3, 0.4) is 0 Å². The maximum absolute atomic E-state index is 13.0. The van der Waals surface area contributed by atoms with E-state index in [4.69, 9.17) is 14.2 Å². The molecule has 0 spiro atoms. The van der Waals surface area contributed by atoms with E-state index in [1.54, 1.807) is 6.08 Å². The van der Waals surface area contributed by atoms with Crippen molar-refractivity contribution in [2.24, 2.45) is 0 Å². The van der Waals surface area contributed by atoms with Crippen LogP contribution in [0.4, 0.5) is 0 Å². The van der Waals surface area contributed by atoms with Crippen molar-refractivity contribution in [3.8, 4) is 0 Å². The first kappa shape index (κ1) is 69.1. The van der Waals surface area contributed by atoms with Crippen LogP contribution in [0.5, 0.6) is 0 Å². The summed E-state index contributed by atoms with van der Waals surface area (Å²) in [7, 11) is 0. The number of unbranched alkanes of at least 4 members (excludes halogenated alkanes) is 27. The summed E-state index contributed by atoms with van der Waals surface area (Å²) < 4.78 is 16.6. The van der Waals surface area contributed by atoms with Gasteiger partial charge >= 0.3 is 5.97 Å². The molecule has 1 amide bonds. The summed E-state index contributed by atoms with van der Waals surface area (Å²) in [4.78, 5) is 25.0. The van der Waals surface area contributed by atoms with E-state index < -0.39 is 49.5 Å². The van der Waals surface area contributed by atoms with Gasteiger partial charge in [-0.1, -0.05) is 202 Å². The number of aliphatic hydroxyl groups is 5. The van der Waals surface area contributed by atoms with Gasteiger partial charge in [0.2, 0.25) is 5.91 Å². The fraction of sp³-hybridized carbons (Fsp3) is 0.778. The lowest BCUT2D eigenvalue weighted by Crippen LogP contribution is -2.60. The lowest BCUT2D eigenvalue weighted by molar-refractivity contribution is -0.302. The van der Waals surface area contributed by atoms with E-state index in [-0.39, 0.29) is 18.5 Å². The van der Waals surface area contributed by atoms with Crippen molar-refractivity contribution >= 4 is 11.9 Å². The molecule has 0 saturated carbocycles. The zero-order valence-electron chi connectivity index (χ0n) is 47.0. The first-order valence-corrected chi connectivity index (χ1v) is 30.2. The van der Waals surface area contributed by atoms with Gasteiger partial charge in [-0.15, -0.1) is 0 Å². The van der Waals surface area contributed by atoms with Gasteiger partial charge in [-0.05, 0) is 109 Å². The third-order valence-electron chi connectivity index (χ3n) is 13.8. The molecule has 0 aliphatic carbocycles. The highest BCUT2D eigenvalue weighted by Gasteiger charge is 2.44. The van der Waals surface area contributed by atoms with E-state index in [2.05, 4.69) is 79.9 Å². The highest BCUT2D eigenvalue weighted by atomic mass is 16.7. The van der Waals surface area contributed by atoms with Crippen molar-refractivity contribution in [1.29, 1.82) is 0 Å². The van der Waals surface area contributed by atoms with Crippen LogP contribution in [-0.2, 0) is 23.8 Å². The minimum Gasteiger partial charge on any atom is -0.466 e. The predicted molar refractivity (Wildman–Crippen MR) is 306 cm³/mol. The number of rotatable bonds is 51. The second-order valence-corrected chi connectivity index (χ2v) is 20.6. The summed E-state index contributed by atoms with van der Waals surface area (Å²) in [6, 6.07) is -0.843. The monoisotopic (exact) mass is 1040 g/mol. The van der Waals surface area contributed by atoms with Crippen molar-refractivity contribution in [2.45, 2.75) is 294 Å². The Morgan fingerprint density at radius 2 is 0.959 bits per heavy atom. The summed E-state index contributed by atoms with van der Waals surface area (Å²) >= 11 is 0. The number of hydrogen-bond acceptors (Lipinski definition) is 10. The molecule has 0 aromatic heterocycles. The van der Waals surface area contributed by atoms with Crippen molar-refractivity contribution < 1.29 is 49.3 Å². The van der Waals surface area contributed by atoms with Gasteiger partial charge in [0.15, 0.2) is 6.29 Å². The van der Waals surface area contributed by atoms with Gasteiger partial charge in [-0.2, -0.15) is 0 Å². The highest BCUT2D eigenvalue weighted by Crippen LogP contribution is 2.23. The minimum atomic E-state index is -1.58. The fourth-order valence-corrected chi connectivity index (χ4v) is 8.97. The Balaban J connectivity index is 2.05. The van der Waals surface area contributed by atoms with E-state index in [9.17, 15) is 35.1 Å². The van der Waals surface area contributed by atoms with Gasteiger partial charge in [0, 0.05) is 12.8 Å². The summed E-state index contributed by atoms with van der Waals surface area (Å²) in [6.07, 6.45) is 58.7. The summed E-state index contributed by atoms with van der Waals surface area (Å²) in [5.41, 5.74) is 0. The zero-order valence-corrected chi connectivity index (χ0v) is 47.0. The van der Waals surface area contributed by atoms with Crippen LogP contribution in [-0.4, -0.2) is 100 Å². The molecular weight excluding hydrogens is 931 g/mol. The summed E-state index contributed by atoms with van der Waals surface area (Å²) in [5, 5.41) is 54.2. The smallest absolute Gasteiger partial charge is 0.305 e. The first-order chi connectivity index (χ1) is 36.2. The lowest BCUT2D eigenvalue weighted by Gasteiger charge is -2.40. The molecule has 428 valence electrons. The second-order valence-electron chi connectivity index (χ2n) is 20.6. The van der Waals surface area contributed by atoms with Crippen LogP contribution in [0.2, 0.25) is 0 Å². The Morgan fingerprint density at radius 3 is 1.49 bits per heavy atom. The van der Waals surface area contributed by atoms with E-state index in [1.165, 1.54) is 122 Å². The van der Waals surface area contributed by atoms with E-state index in [1.807, 2.05) is 6.08 Å². The van der Waals surface area contributed by atoms with Crippen LogP contribution in [0, 0.1) is 0 Å². The summed E-state index contributed by atoms with van der Waals surface area (Å²) in [6.45, 7) is 4.16. The molecule has 6 N–H and O–H groups in total. The van der Waals surface area contributed by atoms with Crippen LogP contribution in [0.1, 0.15) is 251 Å². The van der Waals surface area contributed by atoms with Crippen molar-refractivity contribution in [3.63, 3.8) is 0 Å². The van der Waals surface area contributed by atoms with Gasteiger partial charge in [0.05, 0.1) is 32.0 Å². The molecular formula is C63H111NO10. The predicted octanol–water partition coefficient (Wildman–Crippen LogP) is 14.0. The number of esters is 1. The number of carbonyl (C=O) groups excluding carboxylic acids is 2. The molecule has 11 nitrogen and oxygen atoms in total. The van der Waals surface area contributed by atoms with Crippen LogP contribution in [0.25, 0.3) is 0 Å². The number of hydrogen-bond donors (Lipinski definition) is 6. The molecule has 0 radical (unpaired) electrons. The van der Waals surface area contributed by atoms with Crippen LogP contribution >= 0.6 is 0 Å². The molecule has 1 heterocycles. The number of ether oxygens (including phenoxy) is 3. The van der Waals surface area contributed by atoms with Crippen molar-refractivity contribution in [1.82, 2.24) is 5.32 Å². The minimum absolute atomic E-state index is 0.0159. The Morgan fingerprint density at radius 1 is 0.514 bits per heavy atom. The largest absolute Gasteiger partial charge is 0.466 e. The van der Waals surface area contributed by atoms with Gasteiger partial charge in [-0.3, -0.25) is 9.59 Å². The normalized spacial score (nSPS) is 19.4. The van der Waals surface area contributed by atoms with E-state index in [0.717, 1.165) is 96.3 Å². The third-order valence-corrected chi connectivity index (χ3v) is 13.8. The molecule has 1 fully saturated rings. The molecule has 1 aliphatic heterocycles. The molecule has 0 aromatic rings. The average Bonchev–Trinajstić information content (AvgIpc) is 3.40. The maximum Gasteiger partial charge on any atom is 0.305 e. The Labute approximate surface area is 451 Å². The van der Waals surface area contributed by atoms with Gasteiger partial charge < -0.3 is 45.1 Å². The number of nitrogens with one attached hydrogen (secondary N) is 1. The molecule has 11 heteroatoms. The quantitative estimate of drug-likeness (QED) is 0.0195. The van der Waals surface area contributed by atoms with E-state index in [0.29, 0.717) is 25.9 Å². The van der Waals surface area contributed by atoms with Crippen molar-refractivity contribution in [3.05, 3.63) is 72.9 Å². The Bertz CT molecular complexity index is 1460. The Hall–Kier alpha value is -2.90. The molecule has 1 rings (SSSR count). The molecule has 1 aliphatic rings. The molecule has 0 aromatic carbocycles. The van der Waals surface area contributed by atoms with Gasteiger partial charge in [0.1, 0.15) is 24.4 Å². The SMILES string of the molecule is CC/C=C/CC/C=C/CC/C=C/C(O)C(COC1OC(CO)C(O)C(O)C1O)NC(=O)CCCCCCCCC/C=C\C/C=C\CCCCCCCCCCCOC(=O)CCCCCCC/C=C\CCCCCC. The standard InChI is InChI=1S/C63H111NO10/c1-3-5-7-9-11-13-15-27-31-35-39-43-47-51-59(68)72-52-48-44-40-36-32-29-26-24-22-20-18-16-17-19-21-23-25-28-30-34-38-42-46-50-58(67)64-55(54-73-63-62(71)61(70)60(69)57(53-65)74-63)56(66)49-45-41-37-33-14-12-10-8-6-4-2/h6,8,13-16,18-19,21,33,45,49,55-57,60-63,65-66,69-71H,3-5,7,9-12,17,20,22-32,34-44,46-48,50-54H2,1-2H3,(H,64,67)/b8-6+,15-13-,18-16-,21-19-,33-14+,49-45+. The number of aliphatic hydroxyl groups excluding tert-OH is 5. The van der Waals surface area contributed by atoms with E-state index >= 15 is 0 Å². The highest BCUT2D eigenvalue weighted by molar-refractivity contribution is 5.76. The van der Waals surface area contributed by atoms with Gasteiger partial charge in [-0.25, -0.2) is 0 Å². The molecule has 7 unspecified atom stereocenters. The fourth-order valence-electron chi connectivity index (χ4n) is 8.97. The Kier molecular flexibility index (Phi) is 48.7. The molecule has 7 atom stereocenters. The number of carbonyl (C=O) groups is 2. The third kappa shape index (κ3) is 41.3. The maximum atomic E-state index is 13.0. The average molecular weight is 1040 g/mol. The van der Waals surface area contributed by atoms with Gasteiger partial charge in [0.25, 0.3) is 0 Å². The number of allylic oxidation sites excluding steroid dienone is 11. The lowest BCUT2D eigenvalue weighted by atomic mass is 9.99. The number of amides is 1. The summed E-state index contributed by atoms with van der Waals surface area (Å²) in [5.74, 6) is -0.227. The topological polar surface area (TPSA) is 175 Å². The molecule has 1 saturated heterocycles. The molecule has 74 heavy (non-hydrogen) atoms. The van der Waals surface area contributed by atoms with Crippen molar-refractivity contribution in [2.75, 3.05) is 19.8 Å². The molecule has 0 bridgehead atoms. The van der Waals surface area contributed by atoms with Crippen LogP contribution < -0.4 is 5.32 Å². The zero-order chi connectivity index (χ0) is 53.8. The van der Waals surface area contributed by atoms with Crippen LogP contribution in [0.15, 0.2) is 72.9 Å². The second kappa shape index (κ2) is 52.2. The first-order valence-electron chi connectivity index (χ1n) is 30.2.